The van der Waals surface area contributed by atoms with E-state index in [1.54, 1.807) is 0 Å². The Morgan fingerprint density at radius 3 is 2.67 bits per heavy atom. The summed E-state index contributed by atoms with van der Waals surface area (Å²) in [5.74, 6) is 0.569. The molecular weight excluding hydrogens is 420 g/mol. The minimum absolute atomic E-state index is 0.500. The molecule has 0 aliphatic rings. The monoisotopic (exact) mass is 448 g/mol. The zero-order chi connectivity index (χ0) is 19.6. The molecule has 0 aliphatic carbocycles. The highest BCUT2D eigenvalue weighted by atomic mass is 79.9. The predicted molar refractivity (Wildman–Crippen MR) is 118 cm³/mol. The van der Waals surface area contributed by atoms with E-state index in [-0.39, 0.29) is 0 Å². The molecule has 0 radical (unpaired) electrons. The van der Waals surface area contributed by atoms with E-state index in [9.17, 15) is 0 Å². The number of hydrogen-bond acceptors (Lipinski definition) is 3. The standard InChI is InChI=1S/C20H29BrN4OSi/c1-15(2)11-24-13-18(17-8-20(21)22-10-19(17)24)16-9-23-25(12-16)14-26-6-7-27(3,4)5/h8-10,12-13,15H,6-7,11,14H2,1-5H3. The molecule has 0 amide bonds. The van der Waals surface area contributed by atoms with Gasteiger partial charge in [0.15, 0.2) is 0 Å². The summed E-state index contributed by atoms with van der Waals surface area (Å²) in [4.78, 5) is 4.42. The van der Waals surface area contributed by atoms with Crippen molar-refractivity contribution >= 4 is 34.9 Å². The number of rotatable bonds is 8. The van der Waals surface area contributed by atoms with E-state index < -0.39 is 8.07 Å². The third kappa shape index (κ3) is 5.30. The highest BCUT2D eigenvalue weighted by Gasteiger charge is 2.15. The Bertz CT molecular complexity index is 910. The minimum atomic E-state index is -1.06. The van der Waals surface area contributed by atoms with Crippen LogP contribution in [0.4, 0.5) is 0 Å². The fourth-order valence-corrected chi connectivity index (χ4v) is 4.13. The first-order chi connectivity index (χ1) is 12.7. The van der Waals surface area contributed by atoms with Crippen LogP contribution >= 0.6 is 15.9 Å². The molecule has 3 rings (SSSR count). The van der Waals surface area contributed by atoms with Gasteiger partial charge in [0.05, 0.1) is 17.9 Å². The van der Waals surface area contributed by atoms with Crippen molar-refractivity contribution in [2.75, 3.05) is 6.61 Å². The van der Waals surface area contributed by atoms with Gasteiger partial charge in [-0.3, -0.25) is 0 Å². The summed E-state index contributed by atoms with van der Waals surface area (Å²) >= 11 is 3.50. The van der Waals surface area contributed by atoms with Crippen LogP contribution in [0.1, 0.15) is 13.8 Å². The summed E-state index contributed by atoms with van der Waals surface area (Å²) in [6.07, 6.45) is 8.14. The Hall–Kier alpha value is -1.44. The van der Waals surface area contributed by atoms with Crippen molar-refractivity contribution in [3.05, 3.63) is 35.5 Å². The first-order valence-electron chi connectivity index (χ1n) is 9.48. The van der Waals surface area contributed by atoms with Gasteiger partial charge in [0.25, 0.3) is 0 Å². The first kappa shape index (κ1) is 20.3. The molecule has 0 bridgehead atoms. The lowest BCUT2D eigenvalue weighted by Gasteiger charge is -2.15. The number of nitrogens with zero attached hydrogens (tertiary/aromatic N) is 4. The van der Waals surface area contributed by atoms with Crippen molar-refractivity contribution in [3.8, 4) is 11.1 Å². The van der Waals surface area contributed by atoms with Crippen LogP contribution < -0.4 is 0 Å². The Morgan fingerprint density at radius 1 is 1.19 bits per heavy atom. The van der Waals surface area contributed by atoms with Crippen LogP contribution in [0.5, 0.6) is 0 Å². The maximum Gasteiger partial charge on any atom is 0.139 e. The highest BCUT2D eigenvalue weighted by Crippen LogP contribution is 2.32. The molecule has 0 aliphatic heterocycles. The molecule has 0 fully saturated rings. The normalized spacial score (nSPS) is 12.4. The Balaban J connectivity index is 1.81. The number of fused-ring (bicyclic) bond motifs is 1. The maximum absolute atomic E-state index is 5.82. The lowest BCUT2D eigenvalue weighted by molar-refractivity contribution is 0.0786. The Morgan fingerprint density at radius 2 is 1.96 bits per heavy atom. The van der Waals surface area contributed by atoms with Gasteiger partial charge in [-0.25, -0.2) is 9.67 Å². The van der Waals surface area contributed by atoms with Crippen molar-refractivity contribution < 1.29 is 4.74 Å². The third-order valence-electron chi connectivity index (χ3n) is 4.46. The summed E-state index contributed by atoms with van der Waals surface area (Å²) in [6.45, 7) is 13.8. The predicted octanol–water partition coefficient (Wildman–Crippen LogP) is 5.63. The molecule has 146 valence electrons. The molecule has 0 aromatic carbocycles. The molecule has 5 nitrogen and oxygen atoms in total. The molecular formula is C20H29BrN4OSi. The number of ether oxygens (including phenoxy) is 1. The number of pyridine rings is 1. The summed E-state index contributed by atoms with van der Waals surface area (Å²) in [6, 6.07) is 3.26. The highest BCUT2D eigenvalue weighted by molar-refractivity contribution is 9.10. The molecule has 0 saturated heterocycles. The van der Waals surface area contributed by atoms with Crippen LogP contribution in [0.15, 0.2) is 35.5 Å². The third-order valence-corrected chi connectivity index (χ3v) is 6.60. The van der Waals surface area contributed by atoms with Crippen molar-refractivity contribution in [1.82, 2.24) is 19.3 Å². The van der Waals surface area contributed by atoms with Crippen LogP contribution in [0.3, 0.4) is 0 Å². The van der Waals surface area contributed by atoms with Gasteiger partial charge in [-0.05, 0) is 34.0 Å². The van der Waals surface area contributed by atoms with Crippen molar-refractivity contribution in [1.29, 1.82) is 0 Å². The first-order valence-corrected chi connectivity index (χ1v) is 14.0. The fourth-order valence-electron chi connectivity index (χ4n) is 3.05. The van der Waals surface area contributed by atoms with E-state index in [0.717, 1.165) is 28.8 Å². The zero-order valence-corrected chi connectivity index (χ0v) is 19.5. The topological polar surface area (TPSA) is 44.9 Å². The van der Waals surface area contributed by atoms with Gasteiger partial charge >= 0.3 is 0 Å². The summed E-state index contributed by atoms with van der Waals surface area (Å²) < 4.78 is 10.8. The van der Waals surface area contributed by atoms with Gasteiger partial charge in [0, 0.05) is 50.1 Å². The molecule has 7 heteroatoms. The van der Waals surface area contributed by atoms with Gasteiger partial charge in [-0.2, -0.15) is 5.10 Å². The summed E-state index contributed by atoms with van der Waals surface area (Å²) in [5, 5.41) is 5.68. The molecule has 0 atom stereocenters. The van der Waals surface area contributed by atoms with Crippen LogP contribution in [0, 0.1) is 5.92 Å². The molecule has 3 aromatic rings. The van der Waals surface area contributed by atoms with Crippen LogP contribution in [0.25, 0.3) is 22.0 Å². The lowest BCUT2D eigenvalue weighted by Crippen LogP contribution is -2.22. The average Bonchev–Trinajstić information content (AvgIpc) is 3.15. The average molecular weight is 449 g/mol. The number of hydrogen-bond donors (Lipinski definition) is 0. The van der Waals surface area contributed by atoms with Gasteiger partial charge in [0.1, 0.15) is 11.3 Å². The molecule has 0 N–H and O–H groups in total. The molecule has 0 unspecified atom stereocenters. The maximum atomic E-state index is 5.82. The second kappa shape index (κ2) is 8.28. The molecule has 3 heterocycles. The summed E-state index contributed by atoms with van der Waals surface area (Å²) in [7, 11) is -1.06. The van der Waals surface area contributed by atoms with E-state index in [1.165, 1.54) is 17.0 Å². The largest absolute Gasteiger partial charge is 0.360 e. The molecule has 3 aromatic heterocycles. The van der Waals surface area contributed by atoms with Crippen molar-refractivity contribution in [2.45, 2.75) is 52.8 Å². The lowest BCUT2D eigenvalue weighted by atomic mass is 10.1. The van der Waals surface area contributed by atoms with E-state index >= 15 is 0 Å². The van der Waals surface area contributed by atoms with E-state index in [4.69, 9.17) is 4.74 Å². The van der Waals surface area contributed by atoms with Gasteiger partial charge < -0.3 is 9.30 Å². The van der Waals surface area contributed by atoms with Crippen LogP contribution in [-0.4, -0.2) is 34.0 Å². The van der Waals surface area contributed by atoms with Gasteiger partial charge in [0.2, 0.25) is 0 Å². The number of halogens is 1. The molecule has 0 saturated carbocycles. The van der Waals surface area contributed by atoms with Crippen LogP contribution in [0.2, 0.25) is 25.7 Å². The van der Waals surface area contributed by atoms with Crippen molar-refractivity contribution in [3.63, 3.8) is 0 Å². The SMILES string of the molecule is CC(C)Cn1cc(-c2cnn(COCC[Si](C)(C)C)c2)c2cc(Br)ncc21. The van der Waals surface area contributed by atoms with E-state index in [2.05, 4.69) is 82.5 Å². The zero-order valence-electron chi connectivity index (χ0n) is 16.9. The molecule has 0 spiro atoms. The summed E-state index contributed by atoms with van der Waals surface area (Å²) in [5.41, 5.74) is 3.44. The second-order valence-corrected chi connectivity index (χ2v) is 15.2. The van der Waals surface area contributed by atoms with Gasteiger partial charge in [-0.1, -0.05) is 33.5 Å². The van der Waals surface area contributed by atoms with Gasteiger partial charge in [-0.15, -0.1) is 0 Å². The van der Waals surface area contributed by atoms with E-state index in [1.807, 2.05) is 17.1 Å². The van der Waals surface area contributed by atoms with E-state index in [0.29, 0.717) is 12.6 Å². The number of aromatic nitrogens is 4. The smallest absolute Gasteiger partial charge is 0.139 e. The van der Waals surface area contributed by atoms with Crippen molar-refractivity contribution in [2.24, 2.45) is 5.92 Å². The Labute approximate surface area is 170 Å². The van der Waals surface area contributed by atoms with Crippen LogP contribution in [-0.2, 0) is 18.0 Å². The molecule has 27 heavy (non-hydrogen) atoms. The fraction of sp³-hybridized carbons (Fsp3) is 0.500. The Kier molecular flexibility index (Phi) is 6.23. The second-order valence-electron chi connectivity index (χ2n) is 8.73. The quantitative estimate of drug-likeness (QED) is 0.254. The minimum Gasteiger partial charge on any atom is -0.360 e.